The first-order valence-corrected chi connectivity index (χ1v) is 11.0. The summed E-state index contributed by atoms with van der Waals surface area (Å²) in [5.74, 6) is 4.70. The molecule has 0 amide bonds. The third-order valence-electron chi connectivity index (χ3n) is 7.44. The summed E-state index contributed by atoms with van der Waals surface area (Å²) >= 11 is 12.4. The molecule has 1 heterocycles. The van der Waals surface area contributed by atoms with Crippen LogP contribution in [0.4, 0.5) is 0 Å². The van der Waals surface area contributed by atoms with Crippen LogP contribution >= 0.6 is 23.2 Å². The fourth-order valence-electron chi connectivity index (χ4n) is 6.48. The summed E-state index contributed by atoms with van der Waals surface area (Å²) in [4.78, 5) is 0. The molecule has 1 aromatic carbocycles. The zero-order chi connectivity index (χ0) is 18.6. The summed E-state index contributed by atoms with van der Waals surface area (Å²) in [6, 6.07) is 10.0. The van der Waals surface area contributed by atoms with Crippen LogP contribution in [0.3, 0.4) is 0 Å². The predicted molar refractivity (Wildman–Crippen MR) is 111 cm³/mol. The summed E-state index contributed by atoms with van der Waals surface area (Å²) in [5, 5.41) is 5.12. The molecule has 4 aliphatic carbocycles. The van der Waals surface area contributed by atoms with E-state index in [1.54, 1.807) is 6.07 Å². The van der Waals surface area contributed by atoms with E-state index in [1.807, 2.05) is 24.3 Å². The number of hydrogen-bond donors (Lipinski definition) is 1. The zero-order valence-corrected chi connectivity index (χ0v) is 17.3. The highest BCUT2D eigenvalue weighted by Crippen LogP contribution is 2.61. The quantitative estimate of drug-likeness (QED) is 0.583. The van der Waals surface area contributed by atoms with E-state index >= 15 is 0 Å². The average Bonchev–Trinajstić information content (AvgIpc) is 3.09. The van der Waals surface area contributed by atoms with Gasteiger partial charge in [-0.2, -0.15) is 0 Å². The summed E-state index contributed by atoms with van der Waals surface area (Å²) in [6.45, 7) is 3.16. The number of furan rings is 1. The van der Waals surface area contributed by atoms with Gasteiger partial charge in [0, 0.05) is 16.6 Å². The lowest BCUT2D eigenvalue weighted by atomic mass is 9.48. The Morgan fingerprint density at radius 1 is 1.04 bits per heavy atom. The minimum Gasteiger partial charge on any atom is -0.460 e. The largest absolute Gasteiger partial charge is 0.460 e. The maximum Gasteiger partial charge on any atom is 0.135 e. The van der Waals surface area contributed by atoms with Crippen molar-refractivity contribution in [1.82, 2.24) is 5.32 Å². The summed E-state index contributed by atoms with van der Waals surface area (Å²) in [7, 11) is 0. The zero-order valence-electron chi connectivity index (χ0n) is 15.8. The fraction of sp³-hybridized carbons (Fsp3) is 0.565. The van der Waals surface area contributed by atoms with Crippen LogP contribution in [0.5, 0.6) is 0 Å². The van der Waals surface area contributed by atoms with Crippen LogP contribution in [-0.4, -0.2) is 6.04 Å². The van der Waals surface area contributed by atoms with E-state index in [2.05, 4.69) is 12.2 Å². The van der Waals surface area contributed by atoms with Gasteiger partial charge in [0.15, 0.2) is 0 Å². The highest BCUT2D eigenvalue weighted by molar-refractivity contribution is 6.35. The Bertz CT molecular complexity index is 807. The van der Waals surface area contributed by atoms with Gasteiger partial charge in [0.05, 0.1) is 11.6 Å². The van der Waals surface area contributed by atoms with Gasteiger partial charge in [-0.05, 0) is 98.9 Å². The van der Waals surface area contributed by atoms with Crippen molar-refractivity contribution in [1.29, 1.82) is 0 Å². The number of halogens is 2. The second-order valence-electron chi connectivity index (χ2n) is 9.27. The van der Waals surface area contributed by atoms with Crippen LogP contribution in [0, 0.1) is 23.2 Å². The number of nitrogens with one attached hydrogen (secondary N) is 1. The lowest BCUT2D eigenvalue weighted by Crippen LogP contribution is -2.54. The Morgan fingerprint density at radius 3 is 2.37 bits per heavy atom. The van der Waals surface area contributed by atoms with Crippen molar-refractivity contribution in [2.45, 2.75) is 58.0 Å². The van der Waals surface area contributed by atoms with Gasteiger partial charge in [-0.25, -0.2) is 0 Å². The van der Waals surface area contributed by atoms with Crippen molar-refractivity contribution < 1.29 is 4.42 Å². The molecule has 2 aromatic rings. The van der Waals surface area contributed by atoms with Crippen LogP contribution in [-0.2, 0) is 6.54 Å². The van der Waals surface area contributed by atoms with Gasteiger partial charge in [-0.1, -0.05) is 23.2 Å². The van der Waals surface area contributed by atoms with Crippen molar-refractivity contribution in [3.63, 3.8) is 0 Å². The van der Waals surface area contributed by atoms with E-state index in [1.165, 1.54) is 38.5 Å². The smallest absolute Gasteiger partial charge is 0.135 e. The van der Waals surface area contributed by atoms with Crippen LogP contribution < -0.4 is 5.32 Å². The molecule has 0 aliphatic heterocycles. The van der Waals surface area contributed by atoms with Gasteiger partial charge < -0.3 is 9.73 Å². The second-order valence-corrected chi connectivity index (χ2v) is 10.1. The molecule has 1 atom stereocenters. The molecule has 1 N–H and O–H groups in total. The van der Waals surface area contributed by atoms with E-state index in [-0.39, 0.29) is 0 Å². The predicted octanol–water partition coefficient (Wildman–Crippen LogP) is 6.95. The maximum atomic E-state index is 6.31. The Morgan fingerprint density at radius 2 is 1.70 bits per heavy atom. The van der Waals surface area contributed by atoms with Crippen molar-refractivity contribution in [2.24, 2.45) is 23.2 Å². The molecule has 6 rings (SSSR count). The van der Waals surface area contributed by atoms with Gasteiger partial charge in [0.1, 0.15) is 11.5 Å². The van der Waals surface area contributed by atoms with Crippen LogP contribution in [0.1, 0.15) is 51.2 Å². The van der Waals surface area contributed by atoms with Crippen molar-refractivity contribution in [2.75, 3.05) is 0 Å². The van der Waals surface area contributed by atoms with E-state index in [0.717, 1.165) is 41.4 Å². The minimum absolute atomic E-state index is 0.514. The van der Waals surface area contributed by atoms with Gasteiger partial charge in [-0.15, -0.1) is 0 Å². The molecule has 4 fully saturated rings. The first-order valence-electron chi connectivity index (χ1n) is 10.3. The Balaban J connectivity index is 1.27. The van der Waals surface area contributed by atoms with Crippen molar-refractivity contribution in [3.8, 4) is 11.3 Å². The first-order chi connectivity index (χ1) is 13.0. The lowest BCUT2D eigenvalue weighted by molar-refractivity contribution is -0.0708. The summed E-state index contributed by atoms with van der Waals surface area (Å²) < 4.78 is 6.07. The van der Waals surface area contributed by atoms with E-state index < -0.39 is 0 Å². The summed E-state index contributed by atoms with van der Waals surface area (Å²) in [5.41, 5.74) is 1.37. The highest BCUT2D eigenvalue weighted by atomic mass is 35.5. The standard InChI is InChI=1S/C23H27Cl2NO/c1-14(23-10-15-6-16(11-23)8-17(7-15)12-23)26-13-19-3-5-22(27-19)20-9-18(24)2-4-21(20)25/h2-5,9,14-17,26H,6-8,10-13H2,1H3/t14-,15?,16?,17?,23?/m1/s1. The molecule has 4 saturated carbocycles. The molecule has 4 aliphatic rings. The number of benzene rings is 1. The Kier molecular flexibility index (Phi) is 4.57. The normalized spacial score (nSPS) is 32.8. The van der Waals surface area contributed by atoms with Crippen LogP contribution in [0.25, 0.3) is 11.3 Å². The Hall–Kier alpha value is -0.960. The molecule has 1 aromatic heterocycles. The molecular weight excluding hydrogens is 377 g/mol. The van der Waals surface area contributed by atoms with Crippen LogP contribution in [0.15, 0.2) is 34.7 Å². The topological polar surface area (TPSA) is 25.2 Å². The molecule has 0 unspecified atom stereocenters. The molecule has 4 heteroatoms. The van der Waals surface area contributed by atoms with Crippen LogP contribution in [0.2, 0.25) is 10.0 Å². The van der Waals surface area contributed by atoms with Crippen molar-refractivity contribution in [3.05, 3.63) is 46.1 Å². The number of hydrogen-bond acceptors (Lipinski definition) is 2. The average molecular weight is 404 g/mol. The Labute approximate surface area is 171 Å². The number of rotatable bonds is 5. The van der Waals surface area contributed by atoms with E-state index in [9.17, 15) is 0 Å². The molecule has 144 valence electrons. The van der Waals surface area contributed by atoms with Crippen molar-refractivity contribution >= 4 is 23.2 Å². The molecule has 0 saturated heterocycles. The minimum atomic E-state index is 0.514. The van der Waals surface area contributed by atoms with Gasteiger partial charge in [0.25, 0.3) is 0 Å². The first kappa shape index (κ1) is 18.1. The second kappa shape index (κ2) is 6.83. The molecule has 27 heavy (non-hydrogen) atoms. The molecule has 0 radical (unpaired) electrons. The van der Waals surface area contributed by atoms with E-state index in [0.29, 0.717) is 21.5 Å². The third-order valence-corrected chi connectivity index (χ3v) is 8.01. The van der Waals surface area contributed by atoms with Gasteiger partial charge in [0.2, 0.25) is 0 Å². The summed E-state index contributed by atoms with van der Waals surface area (Å²) in [6.07, 6.45) is 8.76. The van der Waals surface area contributed by atoms with Gasteiger partial charge >= 0.3 is 0 Å². The fourth-order valence-corrected chi connectivity index (χ4v) is 6.86. The SMILES string of the molecule is C[C@@H](NCc1ccc(-c2cc(Cl)ccc2Cl)o1)C12CC3CC(CC(C3)C1)C2. The van der Waals surface area contributed by atoms with Gasteiger partial charge in [-0.3, -0.25) is 0 Å². The van der Waals surface area contributed by atoms with E-state index in [4.69, 9.17) is 27.6 Å². The highest BCUT2D eigenvalue weighted by Gasteiger charge is 2.52. The monoisotopic (exact) mass is 403 g/mol. The molecule has 0 spiro atoms. The molecular formula is C23H27Cl2NO. The molecule has 4 bridgehead atoms. The lowest BCUT2D eigenvalue weighted by Gasteiger charge is -2.59. The third kappa shape index (κ3) is 3.34. The maximum absolute atomic E-state index is 6.31. The molecule has 2 nitrogen and oxygen atoms in total.